The van der Waals surface area contributed by atoms with Crippen LogP contribution < -0.4 is 0 Å². The topological polar surface area (TPSA) is 0 Å². The average molecular weight is 395 g/mol. The number of unbranched alkanes of at least 4 members (excludes halogenated alkanes) is 2. The van der Waals surface area contributed by atoms with Crippen molar-refractivity contribution < 1.29 is 17.6 Å². The predicted octanol–water partition coefficient (Wildman–Crippen LogP) is 7.20. The first-order valence-electron chi connectivity index (χ1n) is 9.94. The van der Waals surface area contributed by atoms with Crippen LogP contribution in [0.1, 0.15) is 50.5 Å². The molecule has 1 fully saturated rings. The van der Waals surface area contributed by atoms with Gasteiger partial charge >= 0.3 is 0 Å². The van der Waals surface area contributed by atoms with Crippen molar-refractivity contribution in [3.63, 3.8) is 0 Å². The third-order valence-electron chi connectivity index (χ3n) is 5.81. The number of halogens is 4. The van der Waals surface area contributed by atoms with Gasteiger partial charge in [0.1, 0.15) is 11.6 Å². The molecule has 1 saturated heterocycles. The summed E-state index contributed by atoms with van der Waals surface area (Å²) in [6.07, 6.45) is 5.88. The summed E-state index contributed by atoms with van der Waals surface area (Å²) in [5, 5.41) is 0. The van der Waals surface area contributed by atoms with Crippen LogP contribution >= 0.6 is 0 Å². The van der Waals surface area contributed by atoms with Gasteiger partial charge < -0.3 is 0 Å². The molecule has 2 aromatic rings. The molecule has 5 heteroatoms. The van der Waals surface area contributed by atoms with Gasteiger partial charge in [-0.1, -0.05) is 50.4 Å². The second kappa shape index (κ2) is 9.05. The third-order valence-corrected chi connectivity index (χ3v) is 9.33. The number of rotatable bonds is 6. The molecule has 2 aromatic carbocycles. The highest BCUT2D eigenvalue weighted by Gasteiger charge is 2.25. The van der Waals surface area contributed by atoms with E-state index in [1.165, 1.54) is 55.6 Å². The van der Waals surface area contributed by atoms with E-state index in [1.54, 1.807) is 0 Å². The van der Waals surface area contributed by atoms with Crippen LogP contribution in [0.3, 0.4) is 0 Å². The highest BCUT2D eigenvalue weighted by atomic mass is 28.3. The summed E-state index contributed by atoms with van der Waals surface area (Å²) in [7, 11) is -0.679. The molecule has 0 aliphatic carbocycles. The molecule has 0 amide bonds. The SMILES string of the molecule is CCCCC[SiH]1CCC(c2cc(F)c(-c3ccc(F)c(F)c3)c(F)c2)CC1. The van der Waals surface area contributed by atoms with Gasteiger partial charge in [0.25, 0.3) is 0 Å². The zero-order valence-electron chi connectivity index (χ0n) is 15.7. The van der Waals surface area contributed by atoms with Gasteiger partial charge in [-0.05, 0) is 54.2 Å². The van der Waals surface area contributed by atoms with Crippen molar-refractivity contribution in [1.29, 1.82) is 0 Å². The monoisotopic (exact) mass is 394 g/mol. The van der Waals surface area contributed by atoms with Gasteiger partial charge in [0.15, 0.2) is 11.6 Å². The van der Waals surface area contributed by atoms with Crippen molar-refractivity contribution in [2.45, 2.75) is 63.1 Å². The Morgan fingerprint density at radius 2 is 1.52 bits per heavy atom. The fraction of sp³-hybridized carbons (Fsp3) is 0.455. The summed E-state index contributed by atoms with van der Waals surface area (Å²) >= 11 is 0. The lowest BCUT2D eigenvalue weighted by Gasteiger charge is -2.28. The van der Waals surface area contributed by atoms with Crippen LogP contribution in [0.15, 0.2) is 30.3 Å². The highest BCUT2D eigenvalue weighted by Crippen LogP contribution is 2.38. The fourth-order valence-corrected chi connectivity index (χ4v) is 7.70. The van der Waals surface area contributed by atoms with Gasteiger partial charge in [0.05, 0.1) is 5.56 Å². The van der Waals surface area contributed by atoms with Gasteiger partial charge in [-0.2, -0.15) is 0 Å². The van der Waals surface area contributed by atoms with E-state index >= 15 is 0 Å². The first-order chi connectivity index (χ1) is 13.0. The van der Waals surface area contributed by atoms with Crippen molar-refractivity contribution in [3.05, 3.63) is 59.2 Å². The second-order valence-electron chi connectivity index (χ2n) is 7.70. The molecule has 1 aliphatic heterocycles. The maximum Gasteiger partial charge on any atom is 0.159 e. The van der Waals surface area contributed by atoms with E-state index in [0.717, 1.165) is 25.0 Å². The molecule has 0 saturated carbocycles. The van der Waals surface area contributed by atoms with Crippen LogP contribution in [0, 0.1) is 23.3 Å². The molecule has 0 spiro atoms. The molecule has 146 valence electrons. The van der Waals surface area contributed by atoms with Crippen LogP contribution in [0.5, 0.6) is 0 Å². The molecule has 0 nitrogen and oxygen atoms in total. The standard InChI is InChI=1S/C22H26F4Si/c1-2-3-4-9-27-10-7-15(8-11-27)17-13-20(25)22(21(26)14-17)16-5-6-18(23)19(24)12-16/h5-6,12-15,27H,2-4,7-11H2,1H3. The normalized spacial score (nSPS) is 20.0. The van der Waals surface area contributed by atoms with Crippen molar-refractivity contribution in [1.82, 2.24) is 0 Å². The number of hydrogen-bond acceptors (Lipinski definition) is 0. The maximum absolute atomic E-state index is 14.6. The lowest BCUT2D eigenvalue weighted by molar-refractivity contribution is 0.508. The van der Waals surface area contributed by atoms with E-state index in [-0.39, 0.29) is 17.0 Å². The Kier molecular flexibility index (Phi) is 6.74. The van der Waals surface area contributed by atoms with Crippen LogP contribution in [-0.2, 0) is 0 Å². The fourth-order valence-electron chi connectivity index (χ4n) is 4.22. The van der Waals surface area contributed by atoms with Crippen molar-refractivity contribution in [2.75, 3.05) is 0 Å². The van der Waals surface area contributed by atoms with E-state index in [1.807, 2.05) is 0 Å². The lowest BCUT2D eigenvalue weighted by Crippen LogP contribution is -2.20. The summed E-state index contributed by atoms with van der Waals surface area (Å²) in [5.74, 6) is -3.36. The molecule has 1 heterocycles. The Morgan fingerprint density at radius 1 is 0.852 bits per heavy atom. The van der Waals surface area contributed by atoms with Crippen LogP contribution in [0.25, 0.3) is 11.1 Å². The molecule has 27 heavy (non-hydrogen) atoms. The average Bonchev–Trinajstić information content (AvgIpc) is 2.65. The summed E-state index contributed by atoms with van der Waals surface area (Å²) in [6.45, 7) is 2.21. The van der Waals surface area contributed by atoms with E-state index in [9.17, 15) is 17.6 Å². The molecule has 0 aromatic heterocycles. The minimum atomic E-state index is -1.11. The lowest BCUT2D eigenvalue weighted by atomic mass is 9.91. The van der Waals surface area contributed by atoms with Crippen LogP contribution in [0.4, 0.5) is 17.6 Å². The first kappa shape index (κ1) is 20.1. The summed E-state index contributed by atoms with van der Waals surface area (Å²) in [4.78, 5) is 0. The minimum absolute atomic E-state index is 0.0162. The zero-order valence-corrected chi connectivity index (χ0v) is 16.9. The van der Waals surface area contributed by atoms with Crippen molar-refractivity contribution in [2.24, 2.45) is 0 Å². The molecule has 1 aliphatic rings. The third kappa shape index (κ3) is 4.81. The Hall–Kier alpha value is -1.62. The summed E-state index contributed by atoms with van der Waals surface area (Å²) in [6, 6.07) is 9.55. The Morgan fingerprint density at radius 3 is 2.11 bits per heavy atom. The first-order valence-corrected chi connectivity index (χ1v) is 12.4. The maximum atomic E-state index is 14.6. The molecule has 0 unspecified atom stereocenters. The minimum Gasteiger partial charge on any atom is -0.206 e. The van der Waals surface area contributed by atoms with Gasteiger partial charge in [-0.15, -0.1) is 0 Å². The van der Waals surface area contributed by atoms with E-state index in [4.69, 9.17) is 0 Å². The van der Waals surface area contributed by atoms with Crippen LogP contribution in [-0.4, -0.2) is 8.80 Å². The van der Waals surface area contributed by atoms with Gasteiger partial charge in [-0.25, -0.2) is 17.6 Å². The van der Waals surface area contributed by atoms with Crippen molar-refractivity contribution in [3.8, 4) is 11.1 Å². The highest BCUT2D eigenvalue weighted by molar-refractivity contribution is 6.59. The molecule has 0 radical (unpaired) electrons. The van der Waals surface area contributed by atoms with Gasteiger partial charge in [0, 0.05) is 8.80 Å². The largest absolute Gasteiger partial charge is 0.206 e. The predicted molar refractivity (Wildman–Crippen MR) is 105 cm³/mol. The van der Waals surface area contributed by atoms with E-state index in [2.05, 4.69) is 6.92 Å². The van der Waals surface area contributed by atoms with Crippen LogP contribution in [0.2, 0.25) is 18.1 Å². The molecule has 3 rings (SSSR count). The molecular formula is C22H26F4Si. The second-order valence-corrected chi connectivity index (χ2v) is 11.2. The van der Waals surface area contributed by atoms with E-state index < -0.39 is 32.1 Å². The van der Waals surface area contributed by atoms with Crippen molar-refractivity contribution >= 4 is 8.80 Å². The quantitative estimate of drug-likeness (QED) is 0.276. The number of benzene rings is 2. The summed E-state index contributed by atoms with van der Waals surface area (Å²) in [5.41, 5.74) is 0.417. The Balaban J connectivity index is 1.73. The zero-order chi connectivity index (χ0) is 19.4. The Labute approximate surface area is 160 Å². The smallest absolute Gasteiger partial charge is 0.159 e. The van der Waals surface area contributed by atoms with Gasteiger partial charge in [0.2, 0.25) is 0 Å². The molecule has 0 N–H and O–H groups in total. The molecule has 0 bridgehead atoms. The Bertz CT molecular complexity index is 759. The van der Waals surface area contributed by atoms with Gasteiger partial charge in [-0.3, -0.25) is 0 Å². The molecular weight excluding hydrogens is 368 g/mol. The van der Waals surface area contributed by atoms with E-state index in [0.29, 0.717) is 5.56 Å². The number of hydrogen-bond donors (Lipinski definition) is 0. The molecule has 0 atom stereocenters. The summed E-state index contributed by atoms with van der Waals surface area (Å²) < 4.78 is 55.8.